The summed E-state index contributed by atoms with van der Waals surface area (Å²) in [5.41, 5.74) is 1.64. The minimum atomic E-state index is -3.71. The number of carbonyl (C=O) groups is 1. The van der Waals surface area contributed by atoms with Crippen molar-refractivity contribution < 1.29 is 13.2 Å². The molecule has 7 heteroatoms. The number of thiophene rings is 1. The van der Waals surface area contributed by atoms with E-state index in [4.69, 9.17) is 0 Å². The lowest BCUT2D eigenvalue weighted by Crippen LogP contribution is -2.40. The van der Waals surface area contributed by atoms with Gasteiger partial charge in [-0.05, 0) is 74.6 Å². The Kier molecular flexibility index (Phi) is 8.51. The van der Waals surface area contributed by atoms with Gasteiger partial charge in [-0.3, -0.25) is 4.79 Å². The fourth-order valence-corrected chi connectivity index (χ4v) is 9.05. The van der Waals surface area contributed by atoms with Crippen molar-refractivity contribution in [3.05, 3.63) is 52.9 Å². The Bertz CT molecular complexity index is 1420. The van der Waals surface area contributed by atoms with Gasteiger partial charge in [-0.15, -0.1) is 11.3 Å². The zero-order valence-electron chi connectivity index (χ0n) is 23.5. The van der Waals surface area contributed by atoms with Crippen LogP contribution in [0.1, 0.15) is 100 Å². The van der Waals surface area contributed by atoms with Gasteiger partial charge in [0.25, 0.3) is 5.91 Å². The van der Waals surface area contributed by atoms with Crippen LogP contribution in [-0.4, -0.2) is 25.9 Å². The normalized spacial score (nSPS) is 17.9. The van der Waals surface area contributed by atoms with Gasteiger partial charge in [0, 0.05) is 21.8 Å². The quantitative estimate of drug-likeness (QED) is 0.306. The monoisotopic (exact) mass is 566 g/mol. The van der Waals surface area contributed by atoms with Crippen LogP contribution in [0.15, 0.2) is 47.4 Å². The Morgan fingerprint density at radius 2 is 1.54 bits per heavy atom. The van der Waals surface area contributed by atoms with Crippen LogP contribution in [0.3, 0.4) is 0 Å². The molecule has 2 fully saturated rings. The van der Waals surface area contributed by atoms with Crippen molar-refractivity contribution in [1.82, 2.24) is 10.0 Å². The van der Waals surface area contributed by atoms with Crippen LogP contribution >= 0.6 is 11.3 Å². The molecule has 5 nitrogen and oxygen atoms in total. The van der Waals surface area contributed by atoms with Gasteiger partial charge >= 0.3 is 0 Å². The highest BCUT2D eigenvalue weighted by atomic mass is 32.2. The van der Waals surface area contributed by atoms with E-state index >= 15 is 0 Å². The van der Waals surface area contributed by atoms with E-state index in [9.17, 15) is 13.2 Å². The van der Waals surface area contributed by atoms with Crippen molar-refractivity contribution >= 4 is 38.0 Å². The standard InChI is InChI=1S/C32H42N2O3S2/c1-32(2,3)34-39(36,37)29-19-18-27(25-16-10-11-17-26(25)29)30-23(20-22-12-6-4-7-13-22)21-28(38-30)31(35)33-24-14-8-5-9-15-24/h10-11,16-19,21-22,24,34H,4-9,12-15,20H2,1-3H3,(H,33,35). The summed E-state index contributed by atoms with van der Waals surface area (Å²) in [6, 6.07) is 13.8. The Labute approximate surface area is 237 Å². The molecule has 0 aliphatic heterocycles. The molecule has 0 bridgehead atoms. The zero-order chi connectivity index (χ0) is 27.6. The van der Waals surface area contributed by atoms with E-state index in [1.54, 1.807) is 17.4 Å². The highest BCUT2D eigenvalue weighted by Crippen LogP contribution is 2.41. The third-order valence-corrected chi connectivity index (χ3v) is 11.1. The van der Waals surface area contributed by atoms with Crippen molar-refractivity contribution in [2.75, 3.05) is 0 Å². The van der Waals surface area contributed by atoms with Crippen molar-refractivity contribution in [3.63, 3.8) is 0 Å². The first-order valence-corrected chi connectivity index (χ1v) is 16.9. The number of hydrogen-bond acceptors (Lipinski definition) is 4. The molecule has 39 heavy (non-hydrogen) atoms. The maximum atomic E-state index is 13.4. The molecule has 0 unspecified atom stereocenters. The van der Waals surface area contributed by atoms with Crippen LogP contribution in [0.4, 0.5) is 0 Å². The Balaban J connectivity index is 1.56. The van der Waals surface area contributed by atoms with Crippen LogP contribution in [0.2, 0.25) is 0 Å². The van der Waals surface area contributed by atoms with E-state index in [1.807, 2.05) is 51.1 Å². The first-order chi connectivity index (χ1) is 18.6. The first kappa shape index (κ1) is 28.3. The number of amides is 1. The maximum Gasteiger partial charge on any atom is 0.261 e. The molecule has 210 valence electrons. The summed E-state index contributed by atoms with van der Waals surface area (Å²) in [4.78, 5) is 15.5. The number of fused-ring (bicyclic) bond motifs is 1. The highest BCUT2D eigenvalue weighted by molar-refractivity contribution is 7.89. The van der Waals surface area contributed by atoms with Gasteiger partial charge in [-0.2, -0.15) is 0 Å². The Morgan fingerprint density at radius 1 is 0.897 bits per heavy atom. The first-order valence-electron chi connectivity index (χ1n) is 14.6. The molecular formula is C32H42N2O3S2. The van der Waals surface area contributed by atoms with Gasteiger partial charge in [0.2, 0.25) is 10.0 Å². The Hall–Kier alpha value is -2.22. The number of benzene rings is 2. The molecule has 2 aromatic carbocycles. The molecule has 5 rings (SSSR count). The van der Waals surface area contributed by atoms with Gasteiger partial charge < -0.3 is 5.32 Å². The number of carbonyl (C=O) groups excluding carboxylic acids is 1. The smallest absolute Gasteiger partial charge is 0.261 e. The average molecular weight is 567 g/mol. The third-order valence-electron chi connectivity index (χ3n) is 8.07. The van der Waals surface area contributed by atoms with Crippen LogP contribution in [-0.2, 0) is 16.4 Å². The van der Waals surface area contributed by atoms with Crippen LogP contribution in [0.5, 0.6) is 0 Å². The number of nitrogens with one attached hydrogen (secondary N) is 2. The van der Waals surface area contributed by atoms with Crippen LogP contribution < -0.4 is 10.0 Å². The second-order valence-corrected chi connectivity index (χ2v) is 15.2. The van der Waals surface area contributed by atoms with Crippen molar-refractivity contribution in [1.29, 1.82) is 0 Å². The van der Waals surface area contributed by atoms with Crippen LogP contribution in [0, 0.1) is 5.92 Å². The molecule has 1 amide bonds. The lowest BCUT2D eigenvalue weighted by Gasteiger charge is -2.22. The molecule has 0 spiro atoms. The third kappa shape index (κ3) is 6.75. The molecule has 2 saturated carbocycles. The molecule has 0 saturated heterocycles. The van der Waals surface area contributed by atoms with Gasteiger partial charge in [0.1, 0.15) is 0 Å². The van der Waals surface area contributed by atoms with Gasteiger partial charge in [-0.25, -0.2) is 13.1 Å². The minimum Gasteiger partial charge on any atom is -0.349 e. The number of rotatable bonds is 7. The second kappa shape index (κ2) is 11.7. The topological polar surface area (TPSA) is 75.3 Å². The van der Waals surface area contributed by atoms with Crippen LogP contribution in [0.25, 0.3) is 21.2 Å². The predicted octanol–water partition coefficient (Wildman–Crippen LogP) is 7.83. The summed E-state index contributed by atoms with van der Waals surface area (Å²) < 4.78 is 29.5. The highest BCUT2D eigenvalue weighted by Gasteiger charge is 2.27. The largest absolute Gasteiger partial charge is 0.349 e. The number of hydrogen-bond donors (Lipinski definition) is 2. The summed E-state index contributed by atoms with van der Waals surface area (Å²) in [7, 11) is -3.71. The van der Waals surface area contributed by atoms with Gasteiger partial charge in [-0.1, -0.05) is 81.7 Å². The van der Waals surface area contributed by atoms with Crippen molar-refractivity contribution in [3.8, 4) is 10.4 Å². The zero-order valence-corrected chi connectivity index (χ0v) is 25.1. The molecule has 0 radical (unpaired) electrons. The van der Waals surface area contributed by atoms with E-state index in [0.717, 1.165) is 40.0 Å². The maximum absolute atomic E-state index is 13.4. The van der Waals surface area contributed by atoms with E-state index < -0.39 is 15.6 Å². The minimum absolute atomic E-state index is 0.0286. The van der Waals surface area contributed by atoms with Gasteiger partial charge in [0.15, 0.2) is 0 Å². The summed E-state index contributed by atoms with van der Waals surface area (Å²) in [5.74, 6) is 0.657. The molecule has 3 aromatic rings. The molecule has 1 heterocycles. The fraction of sp³-hybridized carbons (Fsp3) is 0.531. The van der Waals surface area contributed by atoms with E-state index in [2.05, 4.69) is 16.1 Å². The predicted molar refractivity (Wildman–Crippen MR) is 162 cm³/mol. The lowest BCUT2D eigenvalue weighted by molar-refractivity contribution is 0.0931. The fourth-order valence-electron chi connectivity index (χ4n) is 6.29. The molecule has 2 aliphatic rings. The van der Waals surface area contributed by atoms with E-state index in [0.29, 0.717) is 11.3 Å². The Morgan fingerprint density at radius 3 is 2.21 bits per heavy atom. The summed E-state index contributed by atoms with van der Waals surface area (Å²) >= 11 is 1.56. The molecule has 2 aliphatic carbocycles. The molecule has 0 atom stereocenters. The van der Waals surface area contributed by atoms with Crippen molar-refractivity contribution in [2.45, 2.75) is 108 Å². The van der Waals surface area contributed by atoms with E-state index in [-0.39, 0.29) is 16.8 Å². The molecular weight excluding hydrogens is 524 g/mol. The lowest BCUT2D eigenvalue weighted by atomic mass is 9.84. The van der Waals surface area contributed by atoms with Crippen molar-refractivity contribution in [2.24, 2.45) is 5.92 Å². The summed E-state index contributed by atoms with van der Waals surface area (Å²) in [6.45, 7) is 5.55. The number of sulfonamides is 1. The van der Waals surface area contributed by atoms with E-state index in [1.165, 1.54) is 56.9 Å². The average Bonchev–Trinajstić information content (AvgIpc) is 3.31. The molecule has 1 aromatic heterocycles. The molecule has 2 N–H and O–H groups in total. The summed E-state index contributed by atoms with van der Waals surface area (Å²) in [6.07, 6.45) is 13.0. The second-order valence-electron chi connectivity index (χ2n) is 12.5. The SMILES string of the molecule is CC(C)(C)NS(=O)(=O)c1ccc(-c2sc(C(=O)NC3CCCCC3)cc2CC2CCCCC2)c2ccccc12. The summed E-state index contributed by atoms with van der Waals surface area (Å²) in [5, 5.41) is 4.91. The van der Waals surface area contributed by atoms with Gasteiger partial charge in [0.05, 0.1) is 9.77 Å².